The number of ether oxygens (including phenoxy) is 1. The highest BCUT2D eigenvalue weighted by atomic mass is 32.2. The number of rotatable bonds is 3. The lowest BCUT2D eigenvalue weighted by Crippen LogP contribution is -2.37. The normalized spacial score (nSPS) is 18.2. The van der Waals surface area contributed by atoms with Crippen LogP contribution in [0.2, 0.25) is 0 Å². The molecule has 7 nitrogen and oxygen atoms in total. The minimum Gasteiger partial charge on any atom is -0.378 e. The van der Waals surface area contributed by atoms with Gasteiger partial charge in [0.1, 0.15) is 0 Å². The zero-order valence-corrected chi connectivity index (χ0v) is 15.8. The maximum atomic E-state index is 13.1. The van der Waals surface area contributed by atoms with Gasteiger partial charge in [0, 0.05) is 31.4 Å². The largest absolute Gasteiger partial charge is 0.378 e. The Balaban J connectivity index is 1.61. The molecule has 0 spiro atoms. The number of anilines is 1. The van der Waals surface area contributed by atoms with Gasteiger partial charge in [0.15, 0.2) is 0 Å². The van der Waals surface area contributed by atoms with Crippen molar-refractivity contribution in [2.45, 2.75) is 31.8 Å². The van der Waals surface area contributed by atoms with Gasteiger partial charge >= 0.3 is 0 Å². The van der Waals surface area contributed by atoms with Crippen LogP contribution in [0.25, 0.3) is 0 Å². The van der Waals surface area contributed by atoms with Gasteiger partial charge in [-0.3, -0.25) is 0 Å². The molecule has 0 unspecified atom stereocenters. The second-order valence-electron chi connectivity index (χ2n) is 6.78. The fraction of sp³-hybridized carbons (Fsp3) is 0.444. The van der Waals surface area contributed by atoms with Crippen molar-refractivity contribution >= 4 is 16.0 Å². The Kier molecular flexibility index (Phi) is 4.42. The predicted molar refractivity (Wildman–Crippen MR) is 97.4 cm³/mol. The highest BCUT2D eigenvalue weighted by Gasteiger charge is 2.33. The number of fused-ring (bicyclic) bond motifs is 1. The monoisotopic (exact) mass is 374 g/mol. The molecule has 0 radical (unpaired) electrons. The zero-order chi connectivity index (χ0) is 18.3. The standard InChI is InChI=1S/C18H22N4O3S/c1-13-3-4-14(2)17(9-13)26(23,24)22-11-15-10-19-18(20-16(15)12-22)21-5-7-25-8-6-21/h3-4,9-10H,5-8,11-12H2,1-2H3. The van der Waals surface area contributed by atoms with Crippen LogP contribution >= 0.6 is 0 Å². The van der Waals surface area contributed by atoms with Crippen LogP contribution in [0.3, 0.4) is 0 Å². The third-order valence-electron chi connectivity index (χ3n) is 4.87. The number of benzene rings is 1. The summed E-state index contributed by atoms with van der Waals surface area (Å²) in [7, 11) is -3.57. The Morgan fingerprint density at radius 3 is 2.65 bits per heavy atom. The summed E-state index contributed by atoms with van der Waals surface area (Å²) in [5.41, 5.74) is 3.35. The molecule has 138 valence electrons. The molecule has 0 N–H and O–H groups in total. The number of hydrogen-bond donors (Lipinski definition) is 0. The zero-order valence-electron chi connectivity index (χ0n) is 15.0. The van der Waals surface area contributed by atoms with Crippen molar-refractivity contribution in [1.82, 2.24) is 14.3 Å². The third-order valence-corrected chi connectivity index (χ3v) is 6.80. The highest BCUT2D eigenvalue weighted by Crippen LogP contribution is 2.30. The molecule has 2 aliphatic heterocycles. The number of sulfonamides is 1. The summed E-state index contributed by atoms with van der Waals surface area (Å²) in [6.45, 7) is 7.15. The minimum atomic E-state index is -3.57. The fourth-order valence-electron chi connectivity index (χ4n) is 3.32. The van der Waals surface area contributed by atoms with E-state index in [1.165, 1.54) is 4.31 Å². The van der Waals surface area contributed by atoms with Crippen LogP contribution in [-0.2, 0) is 27.8 Å². The maximum Gasteiger partial charge on any atom is 0.244 e. The van der Waals surface area contributed by atoms with E-state index in [1.807, 2.05) is 26.0 Å². The Morgan fingerprint density at radius 1 is 1.12 bits per heavy atom. The van der Waals surface area contributed by atoms with E-state index >= 15 is 0 Å². The molecule has 26 heavy (non-hydrogen) atoms. The van der Waals surface area contributed by atoms with Crippen LogP contribution < -0.4 is 4.90 Å². The van der Waals surface area contributed by atoms with Crippen molar-refractivity contribution in [3.63, 3.8) is 0 Å². The van der Waals surface area contributed by atoms with Gasteiger partial charge in [-0.2, -0.15) is 4.31 Å². The van der Waals surface area contributed by atoms with Crippen molar-refractivity contribution in [3.8, 4) is 0 Å². The van der Waals surface area contributed by atoms with Gasteiger partial charge in [0.05, 0.1) is 30.3 Å². The van der Waals surface area contributed by atoms with Crippen molar-refractivity contribution < 1.29 is 13.2 Å². The molecule has 0 saturated carbocycles. The average Bonchev–Trinajstić information content (AvgIpc) is 3.08. The first-order chi connectivity index (χ1) is 12.4. The molecule has 2 aromatic rings. The molecule has 1 aromatic heterocycles. The first kappa shape index (κ1) is 17.4. The molecule has 0 bridgehead atoms. The molecule has 2 aliphatic rings. The predicted octanol–water partition coefficient (Wildman–Crippen LogP) is 1.63. The van der Waals surface area contributed by atoms with E-state index in [1.54, 1.807) is 12.3 Å². The SMILES string of the molecule is Cc1ccc(C)c(S(=O)(=O)N2Cc3cnc(N4CCOCC4)nc3C2)c1. The minimum absolute atomic E-state index is 0.283. The first-order valence-corrected chi connectivity index (χ1v) is 10.1. The van der Waals surface area contributed by atoms with E-state index in [0.29, 0.717) is 30.6 Å². The summed E-state index contributed by atoms with van der Waals surface area (Å²) in [6, 6.07) is 5.51. The molecule has 0 amide bonds. The van der Waals surface area contributed by atoms with E-state index in [0.717, 1.165) is 35.5 Å². The number of nitrogens with zero attached hydrogens (tertiary/aromatic N) is 4. The summed E-state index contributed by atoms with van der Waals surface area (Å²) in [6.07, 6.45) is 1.76. The van der Waals surface area contributed by atoms with Crippen LogP contribution in [-0.4, -0.2) is 49.0 Å². The van der Waals surface area contributed by atoms with E-state index in [9.17, 15) is 8.42 Å². The summed E-state index contributed by atoms with van der Waals surface area (Å²) in [5.74, 6) is 0.651. The van der Waals surface area contributed by atoms with Crippen LogP contribution in [0.1, 0.15) is 22.4 Å². The van der Waals surface area contributed by atoms with Crippen molar-refractivity contribution in [1.29, 1.82) is 0 Å². The summed E-state index contributed by atoms with van der Waals surface area (Å²) >= 11 is 0. The quantitative estimate of drug-likeness (QED) is 0.813. The molecule has 8 heteroatoms. The van der Waals surface area contributed by atoms with Crippen LogP contribution in [0, 0.1) is 13.8 Å². The maximum absolute atomic E-state index is 13.1. The fourth-order valence-corrected chi connectivity index (χ4v) is 5.01. The lowest BCUT2D eigenvalue weighted by molar-refractivity contribution is 0.122. The molecule has 4 rings (SSSR count). The smallest absolute Gasteiger partial charge is 0.244 e. The number of aryl methyl sites for hydroxylation is 2. The molecular formula is C18H22N4O3S. The molecule has 0 aliphatic carbocycles. The van der Waals surface area contributed by atoms with E-state index < -0.39 is 10.0 Å². The van der Waals surface area contributed by atoms with Gasteiger partial charge in [-0.1, -0.05) is 12.1 Å². The van der Waals surface area contributed by atoms with Gasteiger partial charge in [0.25, 0.3) is 0 Å². The number of aromatic nitrogens is 2. The third kappa shape index (κ3) is 3.08. The lowest BCUT2D eigenvalue weighted by atomic mass is 10.2. The molecule has 1 fully saturated rings. The molecule has 0 atom stereocenters. The van der Waals surface area contributed by atoms with E-state index in [-0.39, 0.29) is 6.54 Å². The molecule has 1 saturated heterocycles. The summed E-state index contributed by atoms with van der Waals surface area (Å²) in [4.78, 5) is 11.5. The summed E-state index contributed by atoms with van der Waals surface area (Å²) in [5, 5.41) is 0. The highest BCUT2D eigenvalue weighted by molar-refractivity contribution is 7.89. The van der Waals surface area contributed by atoms with Gasteiger partial charge in [-0.15, -0.1) is 0 Å². The first-order valence-electron chi connectivity index (χ1n) is 8.70. The van der Waals surface area contributed by atoms with Crippen LogP contribution in [0.5, 0.6) is 0 Å². The number of hydrogen-bond acceptors (Lipinski definition) is 6. The Labute approximate surface area is 153 Å². The van der Waals surface area contributed by atoms with Gasteiger partial charge in [-0.05, 0) is 31.0 Å². The Hall–Kier alpha value is -2.03. The van der Waals surface area contributed by atoms with E-state index in [4.69, 9.17) is 4.74 Å². The van der Waals surface area contributed by atoms with Gasteiger partial charge < -0.3 is 9.64 Å². The van der Waals surface area contributed by atoms with Gasteiger partial charge in [-0.25, -0.2) is 18.4 Å². The van der Waals surface area contributed by atoms with Crippen molar-refractivity contribution in [2.75, 3.05) is 31.2 Å². The Bertz CT molecular complexity index is 939. The molecule has 1 aromatic carbocycles. The summed E-state index contributed by atoms with van der Waals surface area (Å²) < 4.78 is 33.1. The molecule has 3 heterocycles. The van der Waals surface area contributed by atoms with Gasteiger partial charge in [0.2, 0.25) is 16.0 Å². The average molecular weight is 374 g/mol. The molecular weight excluding hydrogens is 352 g/mol. The topological polar surface area (TPSA) is 75.6 Å². The van der Waals surface area contributed by atoms with Crippen LogP contribution in [0.4, 0.5) is 5.95 Å². The van der Waals surface area contributed by atoms with E-state index in [2.05, 4.69) is 14.9 Å². The van der Waals surface area contributed by atoms with Crippen molar-refractivity contribution in [3.05, 3.63) is 46.8 Å². The van der Waals surface area contributed by atoms with Crippen molar-refractivity contribution in [2.24, 2.45) is 0 Å². The van der Waals surface area contributed by atoms with Crippen LogP contribution in [0.15, 0.2) is 29.3 Å². The lowest BCUT2D eigenvalue weighted by Gasteiger charge is -2.26. The second-order valence-corrected chi connectivity index (χ2v) is 8.69. The number of morpholine rings is 1. The second kappa shape index (κ2) is 6.61. The Morgan fingerprint density at radius 2 is 1.88 bits per heavy atom.